The summed E-state index contributed by atoms with van der Waals surface area (Å²) in [7, 11) is 1.88. The van der Waals surface area contributed by atoms with Crippen molar-refractivity contribution in [2.24, 2.45) is 0 Å². The number of aryl methyl sites for hydroxylation is 2. The van der Waals surface area contributed by atoms with Crippen molar-refractivity contribution in [3.8, 4) is 0 Å². The second kappa shape index (κ2) is 8.60. The zero-order chi connectivity index (χ0) is 19.2. The second-order valence-corrected chi connectivity index (χ2v) is 6.54. The molecule has 0 bridgehead atoms. The molecular formula is C21H24N4O2. The molecule has 0 radical (unpaired) electrons. The van der Waals surface area contributed by atoms with Gasteiger partial charge in [-0.1, -0.05) is 60.1 Å². The molecule has 0 aliphatic heterocycles. The molecule has 0 aliphatic carbocycles. The van der Waals surface area contributed by atoms with Gasteiger partial charge in [-0.3, -0.25) is 9.69 Å². The molecule has 140 valence electrons. The molecule has 1 atom stereocenters. The molecule has 1 aromatic heterocycles. The lowest BCUT2D eigenvalue weighted by molar-refractivity contribution is -0.121. The van der Waals surface area contributed by atoms with Gasteiger partial charge in [-0.05, 0) is 31.7 Å². The zero-order valence-electron chi connectivity index (χ0n) is 15.8. The van der Waals surface area contributed by atoms with Gasteiger partial charge in [-0.15, -0.1) is 0 Å². The van der Waals surface area contributed by atoms with Crippen molar-refractivity contribution in [3.63, 3.8) is 0 Å². The maximum atomic E-state index is 13.1. The highest BCUT2D eigenvalue weighted by molar-refractivity contribution is 5.95. The first-order valence-corrected chi connectivity index (χ1v) is 9.01. The van der Waals surface area contributed by atoms with Crippen LogP contribution in [0.25, 0.3) is 0 Å². The minimum absolute atomic E-state index is 0.109. The Balaban J connectivity index is 1.81. The average Bonchev–Trinajstić information content (AvgIpc) is 3.12. The van der Waals surface area contributed by atoms with Crippen LogP contribution in [0.4, 0.5) is 5.69 Å². The standard InChI is InChI=1S/C21H24N4O2/c1-4-18-23-19(27-24-18)14-25(3)20(16-8-6-5-7-9-16)21(26)22-17-12-10-15(2)11-13-17/h5-13,20H,4,14H2,1-3H3,(H,22,26). The van der Waals surface area contributed by atoms with E-state index >= 15 is 0 Å². The molecule has 3 aromatic rings. The van der Waals surface area contributed by atoms with E-state index in [1.165, 1.54) is 0 Å². The van der Waals surface area contributed by atoms with E-state index in [1.54, 1.807) is 0 Å². The fraction of sp³-hybridized carbons (Fsp3) is 0.286. The van der Waals surface area contributed by atoms with E-state index in [0.717, 1.165) is 16.8 Å². The first-order valence-electron chi connectivity index (χ1n) is 9.01. The van der Waals surface area contributed by atoms with Crippen molar-refractivity contribution in [3.05, 3.63) is 77.4 Å². The summed E-state index contributed by atoms with van der Waals surface area (Å²) in [6.07, 6.45) is 0.712. The Morgan fingerprint density at radius 1 is 1.15 bits per heavy atom. The number of likely N-dealkylation sites (N-methyl/N-ethyl adjacent to an activating group) is 1. The number of aromatic nitrogens is 2. The first-order chi connectivity index (χ1) is 13.1. The third-order valence-corrected chi connectivity index (χ3v) is 4.33. The third kappa shape index (κ3) is 4.80. The molecule has 1 heterocycles. The van der Waals surface area contributed by atoms with Crippen LogP contribution in [0.2, 0.25) is 0 Å². The minimum atomic E-state index is -0.482. The number of carbonyl (C=O) groups is 1. The highest BCUT2D eigenvalue weighted by Gasteiger charge is 2.26. The number of amides is 1. The molecule has 0 saturated heterocycles. The van der Waals surface area contributed by atoms with Gasteiger partial charge in [0.2, 0.25) is 11.8 Å². The smallest absolute Gasteiger partial charge is 0.246 e. The van der Waals surface area contributed by atoms with E-state index in [9.17, 15) is 4.79 Å². The Morgan fingerprint density at radius 2 is 1.85 bits per heavy atom. The zero-order valence-corrected chi connectivity index (χ0v) is 15.8. The van der Waals surface area contributed by atoms with Crippen LogP contribution in [0.1, 0.15) is 35.8 Å². The molecule has 1 N–H and O–H groups in total. The summed E-state index contributed by atoms with van der Waals surface area (Å²) in [5.74, 6) is 1.06. The predicted molar refractivity (Wildman–Crippen MR) is 104 cm³/mol. The van der Waals surface area contributed by atoms with Gasteiger partial charge in [0.1, 0.15) is 6.04 Å². The van der Waals surface area contributed by atoms with E-state index in [-0.39, 0.29) is 5.91 Å². The van der Waals surface area contributed by atoms with Crippen molar-refractivity contribution in [2.45, 2.75) is 32.9 Å². The summed E-state index contributed by atoms with van der Waals surface area (Å²) in [6.45, 7) is 4.37. The van der Waals surface area contributed by atoms with Crippen LogP contribution in [0.3, 0.4) is 0 Å². The van der Waals surface area contributed by atoms with Crippen molar-refractivity contribution in [1.82, 2.24) is 15.0 Å². The number of nitrogens with zero attached hydrogens (tertiary/aromatic N) is 3. The molecule has 6 heteroatoms. The van der Waals surface area contributed by atoms with Gasteiger partial charge in [-0.2, -0.15) is 4.98 Å². The molecule has 0 aliphatic rings. The van der Waals surface area contributed by atoms with Crippen molar-refractivity contribution < 1.29 is 9.32 Å². The van der Waals surface area contributed by atoms with E-state index in [0.29, 0.717) is 24.7 Å². The topological polar surface area (TPSA) is 71.3 Å². The molecule has 6 nitrogen and oxygen atoms in total. The van der Waals surface area contributed by atoms with Gasteiger partial charge in [0, 0.05) is 12.1 Å². The van der Waals surface area contributed by atoms with Crippen LogP contribution in [0.5, 0.6) is 0 Å². The van der Waals surface area contributed by atoms with Crippen molar-refractivity contribution >= 4 is 11.6 Å². The van der Waals surface area contributed by atoms with Gasteiger partial charge in [0.15, 0.2) is 5.82 Å². The summed E-state index contributed by atoms with van der Waals surface area (Å²) in [5.41, 5.74) is 2.82. The Hall–Kier alpha value is -2.99. The normalized spacial score (nSPS) is 12.1. The molecule has 0 fully saturated rings. The monoisotopic (exact) mass is 364 g/mol. The number of benzene rings is 2. The van der Waals surface area contributed by atoms with E-state index in [4.69, 9.17) is 4.52 Å². The third-order valence-electron chi connectivity index (χ3n) is 4.33. The summed E-state index contributed by atoms with van der Waals surface area (Å²) in [5, 5.41) is 6.93. The van der Waals surface area contributed by atoms with Crippen molar-refractivity contribution in [2.75, 3.05) is 12.4 Å². The lowest BCUT2D eigenvalue weighted by Crippen LogP contribution is -2.34. The maximum Gasteiger partial charge on any atom is 0.246 e. The van der Waals surface area contributed by atoms with Gasteiger partial charge in [0.25, 0.3) is 0 Å². The van der Waals surface area contributed by atoms with Crippen LogP contribution in [0, 0.1) is 6.92 Å². The van der Waals surface area contributed by atoms with Gasteiger partial charge in [0.05, 0.1) is 6.54 Å². The Bertz CT molecular complexity index is 875. The van der Waals surface area contributed by atoms with Crippen molar-refractivity contribution in [1.29, 1.82) is 0 Å². The van der Waals surface area contributed by atoms with Crippen LogP contribution >= 0.6 is 0 Å². The number of rotatable bonds is 7. The SMILES string of the molecule is CCc1noc(CN(C)C(C(=O)Nc2ccc(C)cc2)c2ccccc2)n1. The predicted octanol–water partition coefficient (Wildman–Crippen LogP) is 3.75. The Morgan fingerprint density at radius 3 is 2.48 bits per heavy atom. The van der Waals surface area contributed by atoms with Gasteiger partial charge < -0.3 is 9.84 Å². The number of nitrogens with one attached hydrogen (secondary N) is 1. The summed E-state index contributed by atoms with van der Waals surface area (Å²) >= 11 is 0. The summed E-state index contributed by atoms with van der Waals surface area (Å²) in [6, 6.07) is 17.0. The largest absolute Gasteiger partial charge is 0.338 e. The molecule has 0 spiro atoms. The minimum Gasteiger partial charge on any atom is -0.338 e. The molecule has 1 amide bonds. The lowest BCUT2D eigenvalue weighted by Gasteiger charge is -2.26. The molecule has 0 saturated carbocycles. The highest BCUT2D eigenvalue weighted by atomic mass is 16.5. The van der Waals surface area contributed by atoms with Gasteiger partial charge in [-0.25, -0.2) is 0 Å². The van der Waals surface area contributed by atoms with Crippen LogP contribution in [-0.4, -0.2) is 28.0 Å². The lowest BCUT2D eigenvalue weighted by atomic mass is 10.0. The Kier molecular flexibility index (Phi) is 5.98. The van der Waals surface area contributed by atoms with Crippen LogP contribution in [0.15, 0.2) is 59.1 Å². The quantitative estimate of drug-likeness (QED) is 0.691. The summed E-state index contributed by atoms with van der Waals surface area (Å²) in [4.78, 5) is 19.3. The summed E-state index contributed by atoms with van der Waals surface area (Å²) < 4.78 is 5.29. The Labute approximate surface area is 159 Å². The van der Waals surface area contributed by atoms with Crippen LogP contribution < -0.4 is 5.32 Å². The van der Waals surface area contributed by atoms with E-state index < -0.39 is 6.04 Å². The number of hydrogen-bond acceptors (Lipinski definition) is 5. The fourth-order valence-corrected chi connectivity index (χ4v) is 2.89. The number of anilines is 1. The maximum absolute atomic E-state index is 13.1. The fourth-order valence-electron chi connectivity index (χ4n) is 2.89. The molecule has 1 unspecified atom stereocenters. The van der Waals surface area contributed by atoms with Crippen LogP contribution in [-0.2, 0) is 17.8 Å². The van der Waals surface area contributed by atoms with E-state index in [2.05, 4.69) is 15.5 Å². The molecular weight excluding hydrogens is 340 g/mol. The van der Waals surface area contributed by atoms with E-state index in [1.807, 2.05) is 80.4 Å². The van der Waals surface area contributed by atoms with Gasteiger partial charge >= 0.3 is 0 Å². The second-order valence-electron chi connectivity index (χ2n) is 6.54. The number of carbonyl (C=O) groups excluding carboxylic acids is 1. The first kappa shape index (κ1) is 18.8. The highest BCUT2D eigenvalue weighted by Crippen LogP contribution is 2.23. The average molecular weight is 364 g/mol. The molecule has 27 heavy (non-hydrogen) atoms. The molecule has 2 aromatic carbocycles. The number of hydrogen-bond donors (Lipinski definition) is 1. The molecule has 3 rings (SSSR count).